The van der Waals surface area contributed by atoms with E-state index < -0.39 is 11.4 Å². The van der Waals surface area contributed by atoms with Gasteiger partial charge in [0.1, 0.15) is 5.58 Å². The van der Waals surface area contributed by atoms with Gasteiger partial charge in [-0.25, -0.2) is 4.79 Å². The molecule has 6 heteroatoms. The molecule has 0 aliphatic heterocycles. The van der Waals surface area contributed by atoms with Crippen LogP contribution >= 0.6 is 11.8 Å². The van der Waals surface area contributed by atoms with Crippen molar-refractivity contribution >= 4 is 39.6 Å². The van der Waals surface area contributed by atoms with Crippen LogP contribution in [0.2, 0.25) is 0 Å². The molecule has 0 fully saturated rings. The molecule has 0 saturated carbocycles. The van der Waals surface area contributed by atoms with Gasteiger partial charge in [0.25, 0.3) is 0 Å². The van der Waals surface area contributed by atoms with E-state index in [0.717, 1.165) is 11.0 Å². The zero-order valence-electron chi connectivity index (χ0n) is 10.4. The lowest BCUT2D eigenvalue weighted by atomic mass is 10.1. The van der Waals surface area contributed by atoms with E-state index in [4.69, 9.17) is 9.52 Å². The van der Waals surface area contributed by atoms with Gasteiger partial charge in [-0.2, -0.15) is 0 Å². The summed E-state index contributed by atoms with van der Waals surface area (Å²) in [6, 6.07) is 6.46. The summed E-state index contributed by atoms with van der Waals surface area (Å²) in [4.78, 5) is 28.2. The van der Waals surface area contributed by atoms with Crippen molar-refractivity contribution in [1.82, 2.24) is 4.98 Å². The molecule has 0 unspecified atom stereocenters. The normalized spacial score (nSPS) is 11.1. The number of carboxylic acids is 1. The molecule has 0 aliphatic rings. The summed E-state index contributed by atoms with van der Waals surface area (Å²) in [5.74, 6) is -1.64. The summed E-state index contributed by atoms with van der Waals surface area (Å²) in [7, 11) is 0. The van der Waals surface area contributed by atoms with Gasteiger partial charge in [-0.05, 0) is 18.4 Å². The Balaban J connectivity index is 2.52. The summed E-state index contributed by atoms with van der Waals surface area (Å²) in [6.45, 7) is 0. The Kier molecular flexibility index (Phi) is 2.94. The minimum absolute atomic E-state index is 0.260. The summed E-state index contributed by atoms with van der Waals surface area (Å²) < 4.78 is 5.37. The molecule has 5 nitrogen and oxygen atoms in total. The Bertz CT molecular complexity index is 901. The van der Waals surface area contributed by atoms with Gasteiger partial charge in [-0.3, -0.25) is 9.78 Å². The summed E-state index contributed by atoms with van der Waals surface area (Å²) in [5, 5.41) is 9.90. The Morgan fingerprint density at radius 1 is 1.35 bits per heavy atom. The predicted molar refractivity (Wildman–Crippen MR) is 76.5 cm³/mol. The van der Waals surface area contributed by atoms with E-state index in [1.807, 2.05) is 18.4 Å². The number of hydrogen-bond acceptors (Lipinski definition) is 5. The zero-order valence-corrected chi connectivity index (χ0v) is 11.2. The van der Waals surface area contributed by atoms with Crippen molar-refractivity contribution in [2.45, 2.75) is 4.90 Å². The number of nitrogens with zero attached hydrogens (tertiary/aromatic N) is 1. The van der Waals surface area contributed by atoms with E-state index in [1.54, 1.807) is 6.07 Å². The van der Waals surface area contributed by atoms with Crippen molar-refractivity contribution in [1.29, 1.82) is 0 Å². The predicted octanol–water partition coefficient (Wildman–Crippen LogP) is 2.76. The Morgan fingerprint density at radius 3 is 2.85 bits per heavy atom. The molecule has 0 amide bonds. The molecule has 1 aromatic carbocycles. The van der Waals surface area contributed by atoms with Crippen molar-refractivity contribution in [3.05, 3.63) is 46.4 Å². The molecule has 0 atom stereocenters. The van der Waals surface area contributed by atoms with Gasteiger partial charge < -0.3 is 9.52 Å². The number of fused-ring (bicyclic) bond motifs is 3. The second-order valence-electron chi connectivity index (χ2n) is 4.14. The fraction of sp³-hybridized carbons (Fsp3) is 0.0714. The number of carbonyl (C=O) groups is 1. The Labute approximate surface area is 117 Å². The molecule has 100 valence electrons. The third kappa shape index (κ3) is 1.85. The van der Waals surface area contributed by atoms with Crippen LogP contribution in [0.25, 0.3) is 21.9 Å². The molecule has 0 saturated heterocycles. The molecule has 0 bridgehead atoms. The van der Waals surface area contributed by atoms with E-state index >= 15 is 0 Å². The first-order chi connectivity index (χ1) is 9.61. The lowest BCUT2D eigenvalue weighted by Gasteiger charge is -2.05. The second-order valence-corrected chi connectivity index (χ2v) is 4.99. The lowest BCUT2D eigenvalue weighted by Crippen LogP contribution is -2.07. The SMILES string of the molecule is CSc1cccc2c1ncc1c(=O)cc(C(=O)O)oc12. The van der Waals surface area contributed by atoms with Crippen LogP contribution in [0.5, 0.6) is 0 Å². The first-order valence-corrected chi connectivity index (χ1v) is 6.97. The Morgan fingerprint density at radius 2 is 2.15 bits per heavy atom. The molecular weight excluding hydrogens is 278 g/mol. The number of hydrogen-bond donors (Lipinski definition) is 1. The fourth-order valence-corrected chi connectivity index (χ4v) is 2.63. The van der Waals surface area contributed by atoms with Gasteiger partial charge in [-0.1, -0.05) is 6.07 Å². The minimum Gasteiger partial charge on any atom is -0.475 e. The summed E-state index contributed by atoms with van der Waals surface area (Å²) >= 11 is 1.52. The van der Waals surface area contributed by atoms with Crippen molar-refractivity contribution < 1.29 is 14.3 Å². The zero-order chi connectivity index (χ0) is 14.3. The maximum atomic E-state index is 11.9. The molecule has 3 aromatic rings. The fourth-order valence-electron chi connectivity index (χ4n) is 2.06. The van der Waals surface area contributed by atoms with Gasteiger partial charge in [0.2, 0.25) is 5.76 Å². The topological polar surface area (TPSA) is 80.4 Å². The van der Waals surface area contributed by atoms with E-state index in [1.165, 1.54) is 18.0 Å². The lowest BCUT2D eigenvalue weighted by molar-refractivity contribution is 0.0663. The van der Waals surface area contributed by atoms with Gasteiger partial charge in [-0.15, -0.1) is 11.8 Å². The van der Waals surface area contributed by atoms with Crippen LogP contribution in [0.3, 0.4) is 0 Å². The van der Waals surface area contributed by atoms with Crippen LogP contribution in [0.15, 0.2) is 44.6 Å². The number of aromatic nitrogens is 1. The Hall–Kier alpha value is -2.34. The van der Waals surface area contributed by atoms with Crippen molar-refractivity contribution in [2.24, 2.45) is 0 Å². The molecule has 2 aromatic heterocycles. The number of pyridine rings is 1. The van der Waals surface area contributed by atoms with Gasteiger partial charge in [0, 0.05) is 22.5 Å². The van der Waals surface area contributed by atoms with E-state index in [-0.39, 0.29) is 16.7 Å². The highest BCUT2D eigenvalue weighted by Gasteiger charge is 2.14. The van der Waals surface area contributed by atoms with Gasteiger partial charge in [0.05, 0.1) is 10.9 Å². The molecule has 0 spiro atoms. The summed E-state index contributed by atoms with van der Waals surface area (Å²) in [5.41, 5.74) is 0.543. The highest BCUT2D eigenvalue weighted by atomic mass is 32.2. The number of carboxylic acid groups (broad SMARTS) is 1. The number of benzene rings is 1. The van der Waals surface area contributed by atoms with Gasteiger partial charge in [0.15, 0.2) is 5.43 Å². The van der Waals surface area contributed by atoms with Crippen LogP contribution in [-0.2, 0) is 0 Å². The first kappa shape index (κ1) is 12.7. The first-order valence-electron chi connectivity index (χ1n) is 5.74. The van der Waals surface area contributed by atoms with E-state index in [0.29, 0.717) is 10.9 Å². The highest BCUT2D eigenvalue weighted by Crippen LogP contribution is 2.29. The number of aromatic carboxylic acids is 1. The van der Waals surface area contributed by atoms with Crippen LogP contribution in [0.1, 0.15) is 10.6 Å². The monoisotopic (exact) mass is 287 g/mol. The average molecular weight is 287 g/mol. The standard InChI is InChI=1S/C14H9NO4S/c1-20-11-4-2-3-7-12(11)15-6-8-9(16)5-10(14(17)18)19-13(7)8/h2-6H,1H3,(H,17,18). The number of para-hydroxylation sites is 1. The number of rotatable bonds is 2. The van der Waals surface area contributed by atoms with Crippen LogP contribution in [-0.4, -0.2) is 22.3 Å². The molecule has 2 heterocycles. The molecule has 3 rings (SSSR count). The quantitative estimate of drug-likeness (QED) is 0.576. The van der Waals surface area contributed by atoms with E-state index in [2.05, 4.69) is 4.98 Å². The van der Waals surface area contributed by atoms with Crippen molar-refractivity contribution in [2.75, 3.05) is 6.26 Å². The maximum Gasteiger partial charge on any atom is 0.371 e. The van der Waals surface area contributed by atoms with E-state index in [9.17, 15) is 9.59 Å². The highest BCUT2D eigenvalue weighted by molar-refractivity contribution is 7.98. The van der Waals surface area contributed by atoms with Crippen molar-refractivity contribution in [3.8, 4) is 0 Å². The molecule has 1 N–H and O–H groups in total. The third-order valence-electron chi connectivity index (χ3n) is 2.98. The van der Waals surface area contributed by atoms with Gasteiger partial charge >= 0.3 is 5.97 Å². The maximum absolute atomic E-state index is 11.9. The number of thioether (sulfide) groups is 1. The second kappa shape index (κ2) is 4.64. The molecule has 0 radical (unpaired) electrons. The summed E-state index contributed by atoms with van der Waals surface area (Å²) in [6.07, 6.45) is 3.35. The van der Waals surface area contributed by atoms with Crippen molar-refractivity contribution in [3.63, 3.8) is 0 Å². The largest absolute Gasteiger partial charge is 0.475 e. The molecule has 20 heavy (non-hydrogen) atoms. The smallest absolute Gasteiger partial charge is 0.371 e. The average Bonchev–Trinajstić information content (AvgIpc) is 2.46. The van der Waals surface area contributed by atoms with Crippen LogP contribution in [0, 0.1) is 0 Å². The molecular formula is C14H9NO4S. The third-order valence-corrected chi connectivity index (χ3v) is 3.75. The molecule has 0 aliphatic carbocycles. The van der Waals surface area contributed by atoms with Crippen LogP contribution in [0.4, 0.5) is 0 Å². The minimum atomic E-state index is -1.27. The van der Waals surface area contributed by atoms with Crippen LogP contribution < -0.4 is 5.43 Å².